The molecule has 0 aliphatic rings. The molecule has 0 amide bonds. The molecule has 0 saturated heterocycles. The third kappa shape index (κ3) is 2.96. The Morgan fingerprint density at radius 2 is 1.56 bits per heavy atom. The Morgan fingerprint density at radius 1 is 0.944 bits per heavy atom. The zero-order chi connectivity index (χ0) is 13.3. The molecule has 0 N–H and O–H groups in total. The maximum absolute atomic E-state index is 5.91. The van der Waals surface area contributed by atoms with Crippen LogP contribution in [-0.2, 0) is 5.41 Å². The number of hydrogen-bond donors (Lipinski definition) is 0. The second-order valence-corrected chi connectivity index (χ2v) is 6.74. The lowest BCUT2D eigenvalue weighted by Gasteiger charge is -2.20. The summed E-state index contributed by atoms with van der Waals surface area (Å²) in [6.45, 7) is 6.66. The van der Waals surface area contributed by atoms with E-state index in [1.807, 2.05) is 24.3 Å². The molecule has 0 aliphatic heterocycles. The van der Waals surface area contributed by atoms with Crippen LogP contribution in [0.1, 0.15) is 26.3 Å². The van der Waals surface area contributed by atoms with Gasteiger partial charge in [-0.25, -0.2) is 0 Å². The maximum atomic E-state index is 5.91. The van der Waals surface area contributed by atoms with E-state index in [1.165, 1.54) is 16.7 Å². The molecule has 0 aliphatic carbocycles. The fourth-order valence-corrected chi connectivity index (χ4v) is 2.58. The minimum absolute atomic E-state index is 0.168. The van der Waals surface area contributed by atoms with Crippen LogP contribution in [0.2, 0.25) is 5.02 Å². The summed E-state index contributed by atoms with van der Waals surface area (Å²) >= 11 is 9.57. The fourth-order valence-electron chi connectivity index (χ4n) is 1.85. The van der Waals surface area contributed by atoms with E-state index in [4.69, 9.17) is 11.6 Å². The lowest BCUT2D eigenvalue weighted by atomic mass is 9.86. The Balaban J connectivity index is 2.45. The summed E-state index contributed by atoms with van der Waals surface area (Å²) in [6.07, 6.45) is 0. The van der Waals surface area contributed by atoms with Crippen LogP contribution >= 0.6 is 27.5 Å². The van der Waals surface area contributed by atoms with E-state index < -0.39 is 0 Å². The molecule has 0 heterocycles. The first-order valence-corrected chi connectivity index (χ1v) is 7.11. The molecule has 0 unspecified atom stereocenters. The minimum Gasteiger partial charge on any atom is -0.0843 e. The summed E-state index contributed by atoms with van der Waals surface area (Å²) in [5.41, 5.74) is 3.86. The molecule has 2 rings (SSSR count). The van der Waals surface area contributed by atoms with Crippen molar-refractivity contribution in [1.82, 2.24) is 0 Å². The maximum Gasteiger partial charge on any atom is 0.0406 e. The highest BCUT2D eigenvalue weighted by atomic mass is 79.9. The van der Waals surface area contributed by atoms with Crippen molar-refractivity contribution in [1.29, 1.82) is 0 Å². The SMILES string of the molecule is CC(C)(C)c1ccc(-c2ccc(Cl)cc2)c(Br)c1. The molecule has 0 fully saturated rings. The molecule has 0 atom stereocenters. The van der Waals surface area contributed by atoms with Crippen molar-refractivity contribution in [3.8, 4) is 11.1 Å². The van der Waals surface area contributed by atoms with Gasteiger partial charge in [0.25, 0.3) is 0 Å². The van der Waals surface area contributed by atoms with E-state index >= 15 is 0 Å². The summed E-state index contributed by atoms with van der Waals surface area (Å²) in [7, 11) is 0. The molecule has 2 aromatic rings. The van der Waals surface area contributed by atoms with Crippen LogP contribution in [0.15, 0.2) is 46.9 Å². The third-order valence-electron chi connectivity index (χ3n) is 2.99. The van der Waals surface area contributed by atoms with E-state index in [9.17, 15) is 0 Å². The van der Waals surface area contributed by atoms with Crippen molar-refractivity contribution in [2.24, 2.45) is 0 Å². The van der Waals surface area contributed by atoms with Gasteiger partial charge in [-0.3, -0.25) is 0 Å². The summed E-state index contributed by atoms with van der Waals surface area (Å²) in [5.74, 6) is 0. The van der Waals surface area contributed by atoms with Crippen molar-refractivity contribution >= 4 is 27.5 Å². The molecule has 0 aromatic heterocycles. The van der Waals surface area contributed by atoms with Gasteiger partial charge in [0.05, 0.1) is 0 Å². The van der Waals surface area contributed by atoms with Gasteiger partial charge in [0.1, 0.15) is 0 Å². The van der Waals surface area contributed by atoms with Gasteiger partial charge in [0.15, 0.2) is 0 Å². The quantitative estimate of drug-likeness (QED) is 0.597. The van der Waals surface area contributed by atoms with Crippen LogP contribution in [0.25, 0.3) is 11.1 Å². The van der Waals surface area contributed by atoms with Gasteiger partial charge in [-0.15, -0.1) is 0 Å². The average molecular weight is 324 g/mol. The summed E-state index contributed by atoms with van der Waals surface area (Å²) in [6, 6.07) is 14.5. The zero-order valence-electron chi connectivity index (χ0n) is 10.8. The Labute approximate surface area is 122 Å². The lowest BCUT2D eigenvalue weighted by molar-refractivity contribution is 0.590. The van der Waals surface area contributed by atoms with Gasteiger partial charge in [0, 0.05) is 9.50 Å². The highest BCUT2D eigenvalue weighted by Crippen LogP contribution is 2.33. The average Bonchev–Trinajstić information content (AvgIpc) is 2.29. The molecule has 0 nitrogen and oxygen atoms in total. The predicted octanol–water partition coefficient (Wildman–Crippen LogP) is 6.07. The van der Waals surface area contributed by atoms with E-state index in [-0.39, 0.29) is 5.41 Å². The van der Waals surface area contributed by atoms with Gasteiger partial charge in [-0.05, 0) is 40.3 Å². The normalized spacial score (nSPS) is 11.6. The summed E-state index contributed by atoms with van der Waals surface area (Å²) in [4.78, 5) is 0. The Hall–Kier alpha value is -0.790. The van der Waals surface area contributed by atoms with Gasteiger partial charge in [0.2, 0.25) is 0 Å². The lowest BCUT2D eigenvalue weighted by Crippen LogP contribution is -2.10. The Morgan fingerprint density at radius 3 is 2.06 bits per heavy atom. The van der Waals surface area contributed by atoms with Crippen molar-refractivity contribution in [2.75, 3.05) is 0 Å². The number of rotatable bonds is 1. The molecule has 2 heteroatoms. The largest absolute Gasteiger partial charge is 0.0843 e. The highest BCUT2D eigenvalue weighted by molar-refractivity contribution is 9.10. The molecular formula is C16H16BrCl. The molecule has 0 radical (unpaired) electrons. The van der Waals surface area contributed by atoms with Crippen LogP contribution in [0.5, 0.6) is 0 Å². The van der Waals surface area contributed by atoms with Gasteiger partial charge in [-0.1, -0.05) is 72.6 Å². The first-order chi connectivity index (χ1) is 8.38. The Kier molecular flexibility index (Phi) is 3.84. The molecule has 0 saturated carbocycles. The molecule has 0 bridgehead atoms. The molecule has 0 spiro atoms. The third-order valence-corrected chi connectivity index (χ3v) is 3.90. The fraction of sp³-hybridized carbons (Fsp3) is 0.250. The number of benzene rings is 2. The van der Waals surface area contributed by atoms with Crippen molar-refractivity contribution in [3.05, 3.63) is 57.5 Å². The van der Waals surface area contributed by atoms with Crippen molar-refractivity contribution in [2.45, 2.75) is 26.2 Å². The topological polar surface area (TPSA) is 0 Å². The first kappa shape index (κ1) is 13.6. The van der Waals surface area contributed by atoms with E-state index in [1.54, 1.807) is 0 Å². The predicted molar refractivity (Wildman–Crippen MR) is 83.3 cm³/mol. The smallest absolute Gasteiger partial charge is 0.0406 e. The minimum atomic E-state index is 0.168. The number of halogens is 2. The van der Waals surface area contributed by atoms with Crippen molar-refractivity contribution in [3.63, 3.8) is 0 Å². The summed E-state index contributed by atoms with van der Waals surface area (Å²) < 4.78 is 1.12. The first-order valence-electron chi connectivity index (χ1n) is 5.94. The van der Waals surface area contributed by atoms with Crippen LogP contribution in [0, 0.1) is 0 Å². The zero-order valence-corrected chi connectivity index (χ0v) is 13.1. The standard InChI is InChI=1S/C16H16BrCl/c1-16(2,3)12-6-9-14(15(17)10-12)11-4-7-13(18)8-5-11/h4-10H,1-3H3. The highest BCUT2D eigenvalue weighted by Gasteiger charge is 2.15. The van der Waals surface area contributed by atoms with Crippen LogP contribution in [-0.4, -0.2) is 0 Å². The summed E-state index contributed by atoms with van der Waals surface area (Å²) in [5, 5.41) is 0.765. The van der Waals surface area contributed by atoms with Crippen LogP contribution < -0.4 is 0 Å². The van der Waals surface area contributed by atoms with Crippen LogP contribution in [0.3, 0.4) is 0 Å². The van der Waals surface area contributed by atoms with E-state index in [2.05, 4.69) is 54.9 Å². The van der Waals surface area contributed by atoms with Gasteiger partial charge >= 0.3 is 0 Å². The number of hydrogen-bond acceptors (Lipinski definition) is 0. The second-order valence-electron chi connectivity index (χ2n) is 5.45. The monoisotopic (exact) mass is 322 g/mol. The van der Waals surface area contributed by atoms with Gasteiger partial charge < -0.3 is 0 Å². The molecule has 18 heavy (non-hydrogen) atoms. The van der Waals surface area contributed by atoms with Gasteiger partial charge in [-0.2, -0.15) is 0 Å². The molecule has 94 valence electrons. The molecule has 2 aromatic carbocycles. The van der Waals surface area contributed by atoms with E-state index in [0.717, 1.165) is 9.50 Å². The Bertz CT molecular complexity index is 550. The van der Waals surface area contributed by atoms with E-state index in [0.29, 0.717) is 0 Å². The molecular weight excluding hydrogens is 308 g/mol. The van der Waals surface area contributed by atoms with Crippen LogP contribution in [0.4, 0.5) is 0 Å². The van der Waals surface area contributed by atoms with Crippen molar-refractivity contribution < 1.29 is 0 Å². The second kappa shape index (κ2) is 5.07.